The summed E-state index contributed by atoms with van der Waals surface area (Å²) in [5.74, 6) is -0.557. The van der Waals surface area contributed by atoms with Crippen LogP contribution in [0.2, 0.25) is 0 Å². The summed E-state index contributed by atoms with van der Waals surface area (Å²) in [6.45, 7) is -0.422. The molecule has 0 bridgehead atoms. The van der Waals surface area contributed by atoms with E-state index in [2.05, 4.69) is 0 Å². The molecule has 22 heavy (non-hydrogen) atoms. The molecule has 1 aromatic rings. The average molecular weight is 327 g/mol. The minimum Gasteiger partial charge on any atom is -0.465 e. The molecular weight excluding hydrogens is 310 g/mol. The van der Waals surface area contributed by atoms with Crippen LogP contribution in [-0.4, -0.2) is 56.4 Å². The van der Waals surface area contributed by atoms with Crippen LogP contribution in [0.15, 0.2) is 28.9 Å². The fourth-order valence-corrected chi connectivity index (χ4v) is 3.88. The molecule has 0 spiro atoms. The van der Waals surface area contributed by atoms with Gasteiger partial charge in [-0.3, -0.25) is 4.79 Å². The topological polar surface area (TPSA) is 93.9 Å². The Morgan fingerprint density at radius 3 is 2.86 bits per heavy atom. The lowest BCUT2D eigenvalue weighted by molar-refractivity contribution is -0.148. The van der Waals surface area contributed by atoms with Gasteiger partial charge in [0, 0.05) is 19.2 Å². The molecule has 1 fully saturated rings. The van der Waals surface area contributed by atoms with E-state index in [-0.39, 0.29) is 17.5 Å². The van der Waals surface area contributed by atoms with Crippen LogP contribution in [-0.2, 0) is 24.2 Å². The highest BCUT2D eigenvalue weighted by atomic mass is 32.2. The number of hydrogen-bond acceptors (Lipinski definition) is 6. The molecule has 0 saturated carbocycles. The van der Waals surface area contributed by atoms with Gasteiger partial charge in [0.05, 0.1) is 17.8 Å². The molecule has 0 aliphatic carbocycles. The van der Waals surface area contributed by atoms with Crippen molar-refractivity contribution in [1.82, 2.24) is 4.90 Å². The van der Waals surface area contributed by atoms with Crippen molar-refractivity contribution in [2.75, 3.05) is 25.2 Å². The predicted octanol–water partition coefficient (Wildman–Crippen LogP) is 0.482. The molecule has 1 aliphatic rings. The van der Waals surface area contributed by atoms with E-state index < -0.39 is 28.3 Å². The van der Waals surface area contributed by atoms with Gasteiger partial charge in [-0.15, -0.1) is 0 Å². The lowest BCUT2D eigenvalue weighted by Gasteiger charge is -2.22. The summed E-state index contributed by atoms with van der Waals surface area (Å²) in [7, 11) is -1.55. The maximum absolute atomic E-state index is 11.9. The molecular formula is C14H17NO6S. The summed E-state index contributed by atoms with van der Waals surface area (Å²) in [6.07, 6.45) is 4.47. The molecule has 1 unspecified atom stereocenters. The highest BCUT2D eigenvalue weighted by Gasteiger charge is 2.32. The molecule has 2 heterocycles. The largest absolute Gasteiger partial charge is 0.465 e. The van der Waals surface area contributed by atoms with Crippen LogP contribution in [0, 0.1) is 0 Å². The van der Waals surface area contributed by atoms with E-state index in [1.165, 1.54) is 24.3 Å². The van der Waals surface area contributed by atoms with Crippen LogP contribution in [0.3, 0.4) is 0 Å². The Morgan fingerprint density at radius 2 is 2.27 bits per heavy atom. The van der Waals surface area contributed by atoms with Gasteiger partial charge in [0.1, 0.15) is 5.76 Å². The SMILES string of the molecule is CN(C(=O)COC(=O)/C=C/c1ccco1)C1CCS(=O)(=O)C1. The Kier molecular flexibility index (Phi) is 5.02. The van der Waals surface area contributed by atoms with Gasteiger partial charge in [0.2, 0.25) is 0 Å². The first-order valence-electron chi connectivity index (χ1n) is 6.72. The van der Waals surface area contributed by atoms with Crippen LogP contribution in [0.1, 0.15) is 12.2 Å². The molecule has 1 aromatic heterocycles. The Balaban J connectivity index is 1.78. The molecule has 0 aromatic carbocycles. The van der Waals surface area contributed by atoms with Crippen molar-refractivity contribution in [3.8, 4) is 0 Å². The summed E-state index contributed by atoms with van der Waals surface area (Å²) in [6, 6.07) is 3.00. The van der Waals surface area contributed by atoms with Crippen LogP contribution < -0.4 is 0 Å². The van der Waals surface area contributed by atoms with E-state index in [0.717, 1.165) is 6.08 Å². The standard InChI is InChI=1S/C14H17NO6S/c1-15(11-6-8-22(18,19)10-11)13(16)9-21-14(17)5-4-12-3-2-7-20-12/h2-5,7,11H,6,8-10H2,1H3/b5-4+. The third-order valence-corrected chi connectivity index (χ3v) is 5.16. The number of ether oxygens (including phenoxy) is 1. The number of amides is 1. The number of rotatable bonds is 5. The molecule has 7 nitrogen and oxygen atoms in total. The number of hydrogen-bond donors (Lipinski definition) is 0. The number of likely N-dealkylation sites (N-methyl/N-ethyl adjacent to an activating group) is 1. The highest BCUT2D eigenvalue weighted by molar-refractivity contribution is 7.91. The quantitative estimate of drug-likeness (QED) is 0.577. The van der Waals surface area contributed by atoms with Crippen molar-refractivity contribution in [2.24, 2.45) is 0 Å². The van der Waals surface area contributed by atoms with Crippen molar-refractivity contribution >= 4 is 27.8 Å². The lowest BCUT2D eigenvalue weighted by atomic mass is 10.2. The third kappa shape index (κ3) is 4.45. The summed E-state index contributed by atoms with van der Waals surface area (Å²) >= 11 is 0. The molecule has 8 heteroatoms. The fraction of sp³-hybridized carbons (Fsp3) is 0.429. The van der Waals surface area contributed by atoms with E-state index in [0.29, 0.717) is 12.2 Å². The van der Waals surface area contributed by atoms with Crippen molar-refractivity contribution in [3.05, 3.63) is 30.2 Å². The summed E-state index contributed by atoms with van der Waals surface area (Å²) in [5, 5.41) is 0. The minimum atomic E-state index is -3.06. The Bertz CT molecular complexity index is 662. The Morgan fingerprint density at radius 1 is 1.50 bits per heavy atom. The zero-order valence-corrected chi connectivity index (χ0v) is 12.9. The number of sulfone groups is 1. The Labute approximate surface area is 128 Å². The molecule has 1 atom stereocenters. The minimum absolute atomic E-state index is 0.0401. The van der Waals surface area contributed by atoms with Gasteiger partial charge in [-0.2, -0.15) is 0 Å². The maximum Gasteiger partial charge on any atom is 0.331 e. The van der Waals surface area contributed by atoms with Gasteiger partial charge in [0.15, 0.2) is 16.4 Å². The molecule has 0 radical (unpaired) electrons. The first-order valence-corrected chi connectivity index (χ1v) is 8.54. The van der Waals surface area contributed by atoms with Crippen LogP contribution in [0.5, 0.6) is 0 Å². The average Bonchev–Trinajstić information content (AvgIpc) is 3.10. The number of esters is 1. The van der Waals surface area contributed by atoms with E-state index in [1.807, 2.05) is 0 Å². The summed E-state index contributed by atoms with van der Waals surface area (Å²) in [4.78, 5) is 24.7. The van der Waals surface area contributed by atoms with E-state index >= 15 is 0 Å². The molecule has 0 N–H and O–H groups in total. The molecule has 1 saturated heterocycles. The van der Waals surface area contributed by atoms with Gasteiger partial charge in [-0.05, 0) is 24.6 Å². The highest BCUT2D eigenvalue weighted by Crippen LogP contribution is 2.16. The molecule has 2 rings (SSSR count). The van der Waals surface area contributed by atoms with Crippen LogP contribution in [0.25, 0.3) is 6.08 Å². The predicted molar refractivity (Wildman–Crippen MR) is 78.5 cm³/mol. The number of nitrogens with zero attached hydrogens (tertiary/aromatic N) is 1. The maximum atomic E-state index is 11.9. The Hall–Kier alpha value is -2.09. The van der Waals surface area contributed by atoms with Crippen LogP contribution >= 0.6 is 0 Å². The summed E-state index contributed by atoms with van der Waals surface area (Å²) < 4.78 is 32.6. The molecule has 120 valence electrons. The first kappa shape index (κ1) is 16.3. The van der Waals surface area contributed by atoms with Crippen molar-refractivity contribution < 1.29 is 27.2 Å². The number of furan rings is 1. The first-order chi connectivity index (χ1) is 10.4. The van der Waals surface area contributed by atoms with E-state index in [4.69, 9.17) is 9.15 Å². The fourth-order valence-electron chi connectivity index (χ4n) is 2.10. The van der Waals surface area contributed by atoms with Gasteiger partial charge < -0.3 is 14.1 Å². The van der Waals surface area contributed by atoms with Crippen LogP contribution in [0.4, 0.5) is 0 Å². The number of carbonyl (C=O) groups excluding carboxylic acids is 2. The summed E-state index contributed by atoms with van der Waals surface area (Å²) in [5.41, 5.74) is 0. The van der Waals surface area contributed by atoms with Gasteiger partial charge in [0.25, 0.3) is 5.91 Å². The smallest absolute Gasteiger partial charge is 0.331 e. The van der Waals surface area contributed by atoms with Crippen molar-refractivity contribution in [2.45, 2.75) is 12.5 Å². The van der Waals surface area contributed by atoms with Crippen molar-refractivity contribution in [1.29, 1.82) is 0 Å². The second kappa shape index (κ2) is 6.78. The molecule has 1 amide bonds. The van der Waals surface area contributed by atoms with Crippen molar-refractivity contribution in [3.63, 3.8) is 0 Å². The number of carbonyl (C=O) groups is 2. The van der Waals surface area contributed by atoms with Gasteiger partial charge >= 0.3 is 5.97 Å². The van der Waals surface area contributed by atoms with E-state index in [1.54, 1.807) is 12.1 Å². The second-order valence-corrected chi connectivity index (χ2v) is 7.25. The second-order valence-electron chi connectivity index (χ2n) is 5.02. The lowest BCUT2D eigenvalue weighted by Crippen LogP contribution is -2.40. The normalized spacial score (nSPS) is 20.1. The van der Waals surface area contributed by atoms with Gasteiger partial charge in [-0.1, -0.05) is 0 Å². The third-order valence-electron chi connectivity index (χ3n) is 3.41. The van der Waals surface area contributed by atoms with E-state index in [9.17, 15) is 18.0 Å². The monoisotopic (exact) mass is 327 g/mol. The zero-order valence-electron chi connectivity index (χ0n) is 12.1. The zero-order chi connectivity index (χ0) is 16.2. The van der Waals surface area contributed by atoms with Gasteiger partial charge in [-0.25, -0.2) is 13.2 Å². The molecule has 1 aliphatic heterocycles.